The van der Waals surface area contributed by atoms with Gasteiger partial charge in [-0.15, -0.1) is 0 Å². The average molecular weight is 250 g/mol. The first-order valence-corrected chi connectivity index (χ1v) is 6.40. The molecule has 0 atom stereocenters. The lowest BCUT2D eigenvalue weighted by atomic mass is 10.0. The van der Waals surface area contributed by atoms with Crippen LogP contribution in [-0.2, 0) is 6.42 Å². The van der Waals surface area contributed by atoms with Crippen LogP contribution in [-0.4, -0.2) is 5.78 Å². The van der Waals surface area contributed by atoms with Gasteiger partial charge < -0.3 is 4.74 Å². The third-order valence-electron chi connectivity index (χ3n) is 3.24. The molecule has 1 aliphatic rings. The van der Waals surface area contributed by atoms with Crippen molar-refractivity contribution in [3.8, 4) is 5.75 Å². The number of carbonyl (C=O) groups is 1. The van der Waals surface area contributed by atoms with Gasteiger partial charge in [0.05, 0.1) is 5.56 Å². The monoisotopic (exact) mass is 250 g/mol. The second kappa shape index (κ2) is 4.73. The molecular weight excluding hydrogens is 236 g/mol. The zero-order valence-electron chi connectivity index (χ0n) is 10.7. The van der Waals surface area contributed by atoms with Gasteiger partial charge in [0.15, 0.2) is 5.76 Å². The van der Waals surface area contributed by atoms with Crippen LogP contribution in [0.2, 0.25) is 0 Å². The molecule has 0 aromatic heterocycles. The Morgan fingerprint density at radius 1 is 1.11 bits per heavy atom. The van der Waals surface area contributed by atoms with Crippen LogP contribution in [0.25, 0.3) is 6.08 Å². The summed E-state index contributed by atoms with van der Waals surface area (Å²) in [6.45, 7) is 2.07. The Bertz CT molecular complexity index is 654. The Labute approximate surface area is 112 Å². The van der Waals surface area contributed by atoms with E-state index in [9.17, 15) is 4.79 Å². The van der Waals surface area contributed by atoms with Gasteiger partial charge in [0, 0.05) is 0 Å². The first-order chi connectivity index (χ1) is 9.28. The van der Waals surface area contributed by atoms with E-state index in [1.165, 1.54) is 0 Å². The van der Waals surface area contributed by atoms with Gasteiger partial charge in [-0.25, -0.2) is 0 Å². The molecule has 0 bridgehead atoms. The summed E-state index contributed by atoms with van der Waals surface area (Å²) in [5.41, 5.74) is 2.78. The molecule has 1 aliphatic heterocycles. The van der Waals surface area contributed by atoms with E-state index in [-0.39, 0.29) is 5.78 Å². The Balaban J connectivity index is 1.97. The fourth-order valence-electron chi connectivity index (χ4n) is 2.16. The van der Waals surface area contributed by atoms with Crippen LogP contribution in [0.15, 0.2) is 54.3 Å². The molecule has 2 aromatic rings. The zero-order valence-corrected chi connectivity index (χ0v) is 10.7. The molecule has 0 saturated carbocycles. The van der Waals surface area contributed by atoms with Crippen molar-refractivity contribution in [2.24, 2.45) is 0 Å². The van der Waals surface area contributed by atoms with Crippen molar-refractivity contribution in [1.29, 1.82) is 0 Å². The van der Waals surface area contributed by atoms with Crippen molar-refractivity contribution in [2.45, 2.75) is 13.3 Å². The maximum absolute atomic E-state index is 12.3. The van der Waals surface area contributed by atoms with Crippen LogP contribution >= 0.6 is 0 Å². The smallest absolute Gasteiger partial charge is 0.231 e. The number of hydrogen-bond acceptors (Lipinski definition) is 2. The van der Waals surface area contributed by atoms with Gasteiger partial charge in [0.25, 0.3) is 0 Å². The molecule has 0 saturated heterocycles. The van der Waals surface area contributed by atoms with Crippen LogP contribution in [0.1, 0.15) is 28.4 Å². The summed E-state index contributed by atoms with van der Waals surface area (Å²) in [5, 5.41) is 0. The predicted molar refractivity (Wildman–Crippen MR) is 75.2 cm³/mol. The maximum Gasteiger partial charge on any atom is 0.231 e. The highest BCUT2D eigenvalue weighted by Gasteiger charge is 2.27. The fourth-order valence-corrected chi connectivity index (χ4v) is 2.16. The van der Waals surface area contributed by atoms with Crippen LogP contribution < -0.4 is 4.74 Å². The Hall–Kier alpha value is -2.35. The quantitative estimate of drug-likeness (QED) is 0.756. The molecule has 0 amide bonds. The lowest BCUT2D eigenvalue weighted by Crippen LogP contribution is -1.98. The van der Waals surface area contributed by atoms with Gasteiger partial charge in [-0.3, -0.25) is 4.79 Å². The number of ether oxygens (including phenoxy) is 1. The molecule has 1 heterocycles. The fraction of sp³-hybridized carbons (Fsp3) is 0.118. The molecule has 0 unspecified atom stereocenters. The predicted octanol–water partition coefficient (Wildman–Crippen LogP) is 3.87. The van der Waals surface area contributed by atoms with E-state index in [0.29, 0.717) is 17.1 Å². The molecule has 3 rings (SSSR count). The van der Waals surface area contributed by atoms with E-state index in [2.05, 4.69) is 6.92 Å². The van der Waals surface area contributed by atoms with Gasteiger partial charge in [0.2, 0.25) is 5.78 Å². The topological polar surface area (TPSA) is 26.3 Å². The number of allylic oxidation sites excluding steroid dienone is 1. The third kappa shape index (κ3) is 2.17. The summed E-state index contributed by atoms with van der Waals surface area (Å²) >= 11 is 0. The second-order valence-corrected chi connectivity index (χ2v) is 4.53. The number of hydrogen-bond donors (Lipinski definition) is 0. The number of ketones is 1. The summed E-state index contributed by atoms with van der Waals surface area (Å²) in [6, 6.07) is 15.5. The Morgan fingerprint density at radius 2 is 1.89 bits per heavy atom. The van der Waals surface area contributed by atoms with E-state index in [0.717, 1.165) is 17.5 Å². The SMILES string of the molecule is CCc1ccc2c(c1)C(=O)/C(=C/c1ccccc1)O2. The van der Waals surface area contributed by atoms with Gasteiger partial charge in [-0.05, 0) is 35.8 Å². The molecular formula is C17H14O2. The highest BCUT2D eigenvalue weighted by atomic mass is 16.5. The van der Waals surface area contributed by atoms with Gasteiger partial charge >= 0.3 is 0 Å². The number of Topliss-reactive ketones (excluding diaryl/α,β-unsaturated/α-hetero) is 1. The number of aryl methyl sites for hydroxylation is 1. The Kier molecular flexibility index (Phi) is 2.92. The van der Waals surface area contributed by atoms with Crippen LogP contribution in [0.3, 0.4) is 0 Å². The minimum Gasteiger partial charge on any atom is -0.452 e. The lowest BCUT2D eigenvalue weighted by Gasteiger charge is -1.99. The number of rotatable bonds is 2. The summed E-state index contributed by atoms with van der Waals surface area (Å²) in [7, 11) is 0. The van der Waals surface area contributed by atoms with Gasteiger partial charge in [-0.2, -0.15) is 0 Å². The van der Waals surface area contributed by atoms with Crippen molar-refractivity contribution in [3.63, 3.8) is 0 Å². The average Bonchev–Trinajstić information content (AvgIpc) is 2.76. The van der Waals surface area contributed by atoms with E-state index in [1.807, 2.05) is 48.5 Å². The normalized spacial score (nSPS) is 15.4. The number of fused-ring (bicyclic) bond motifs is 1. The highest BCUT2D eigenvalue weighted by Crippen LogP contribution is 2.32. The standard InChI is InChI=1S/C17H14O2/c1-2-12-8-9-15-14(10-12)17(18)16(19-15)11-13-6-4-3-5-7-13/h3-11H,2H2,1H3/b16-11-. The maximum atomic E-state index is 12.3. The molecule has 0 aliphatic carbocycles. The van der Waals surface area contributed by atoms with E-state index >= 15 is 0 Å². The summed E-state index contributed by atoms with van der Waals surface area (Å²) in [4.78, 5) is 12.3. The van der Waals surface area contributed by atoms with Crippen LogP contribution in [0.5, 0.6) is 5.75 Å². The van der Waals surface area contributed by atoms with Crippen molar-refractivity contribution >= 4 is 11.9 Å². The van der Waals surface area contributed by atoms with Gasteiger partial charge in [-0.1, -0.05) is 43.3 Å². The van der Waals surface area contributed by atoms with Crippen molar-refractivity contribution < 1.29 is 9.53 Å². The third-order valence-corrected chi connectivity index (χ3v) is 3.24. The highest BCUT2D eigenvalue weighted by molar-refractivity contribution is 6.14. The Morgan fingerprint density at radius 3 is 2.63 bits per heavy atom. The molecule has 2 heteroatoms. The second-order valence-electron chi connectivity index (χ2n) is 4.53. The number of benzene rings is 2. The van der Waals surface area contributed by atoms with Crippen LogP contribution in [0, 0.1) is 0 Å². The lowest BCUT2D eigenvalue weighted by molar-refractivity contribution is 0.101. The molecule has 2 nitrogen and oxygen atoms in total. The summed E-state index contributed by atoms with van der Waals surface area (Å²) in [5.74, 6) is 1.02. The van der Waals surface area contributed by atoms with Gasteiger partial charge in [0.1, 0.15) is 5.75 Å². The molecule has 0 N–H and O–H groups in total. The number of carbonyl (C=O) groups excluding carboxylic acids is 1. The van der Waals surface area contributed by atoms with Crippen LogP contribution in [0.4, 0.5) is 0 Å². The molecule has 19 heavy (non-hydrogen) atoms. The molecule has 0 fully saturated rings. The minimum absolute atomic E-state index is 0.0332. The first kappa shape index (κ1) is 11.7. The summed E-state index contributed by atoms with van der Waals surface area (Å²) < 4.78 is 5.63. The molecule has 2 aromatic carbocycles. The van der Waals surface area contributed by atoms with E-state index < -0.39 is 0 Å². The zero-order chi connectivity index (χ0) is 13.2. The first-order valence-electron chi connectivity index (χ1n) is 6.40. The molecule has 0 radical (unpaired) electrons. The van der Waals surface area contributed by atoms with Crippen molar-refractivity contribution in [3.05, 3.63) is 71.0 Å². The van der Waals surface area contributed by atoms with Crippen molar-refractivity contribution in [1.82, 2.24) is 0 Å². The van der Waals surface area contributed by atoms with E-state index in [1.54, 1.807) is 6.08 Å². The summed E-state index contributed by atoms with van der Waals surface area (Å²) in [6.07, 6.45) is 2.70. The largest absolute Gasteiger partial charge is 0.452 e. The van der Waals surface area contributed by atoms with Crippen molar-refractivity contribution in [2.75, 3.05) is 0 Å². The molecule has 0 spiro atoms. The minimum atomic E-state index is -0.0332. The van der Waals surface area contributed by atoms with E-state index in [4.69, 9.17) is 4.74 Å². The molecule has 94 valence electrons.